The summed E-state index contributed by atoms with van der Waals surface area (Å²) in [6.45, 7) is 7.09. The van der Waals surface area contributed by atoms with Gasteiger partial charge in [0.25, 0.3) is 0 Å². The molecule has 2 rings (SSSR count). The molecule has 0 aromatic heterocycles. The van der Waals surface area contributed by atoms with Gasteiger partial charge >= 0.3 is 0 Å². The Morgan fingerprint density at radius 3 is 2.52 bits per heavy atom. The minimum atomic E-state index is -3.86. The van der Waals surface area contributed by atoms with Crippen LogP contribution in [0.3, 0.4) is 0 Å². The van der Waals surface area contributed by atoms with Gasteiger partial charge in [-0.05, 0) is 45.8 Å². The average molecular weight is 379 g/mol. The number of hydrogen-bond acceptors (Lipinski definition) is 3. The van der Waals surface area contributed by atoms with Crippen molar-refractivity contribution >= 4 is 31.6 Å². The summed E-state index contributed by atoms with van der Waals surface area (Å²) in [6.07, 6.45) is 0.786. The highest BCUT2D eigenvalue weighted by Crippen LogP contribution is 2.37. The highest BCUT2D eigenvalue weighted by atomic mass is 79.9. The Morgan fingerprint density at radius 2 is 2.00 bits per heavy atom. The summed E-state index contributed by atoms with van der Waals surface area (Å²) >= 11 is 3.00. The first kappa shape index (κ1) is 16.7. The summed E-state index contributed by atoms with van der Waals surface area (Å²) in [7, 11) is -3.86. The average Bonchev–Trinajstić information content (AvgIpc) is 2.83. The SMILES string of the molecule is CC(C)(C)C1CCN(S(=O)(=O)c2cc(N)cc(Br)c2F)C1. The van der Waals surface area contributed by atoms with Crippen LogP contribution in [0, 0.1) is 17.2 Å². The van der Waals surface area contributed by atoms with Crippen LogP contribution < -0.4 is 5.73 Å². The fraction of sp³-hybridized carbons (Fsp3) is 0.571. The van der Waals surface area contributed by atoms with E-state index >= 15 is 0 Å². The third kappa shape index (κ3) is 3.24. The summed E-state index contributed by atoms with van der Waals surface area (Å²) in [5, 5.41) is 0. The molecule has 1 unspecified atom stereocenters. The van der Waals surface area contributed by atoms with E-state index in [1.54, 1.807) is 0 Å². The highest BCUT2D eigenvalue weighted by molar-refractivity contribution is 9.10. The first-order valence-electron chi connectivity index (χ1n) is 6.78. The van der Waals surface area contributed by atoms with Crippen LogP contribution in [0.15, 0.2) is 21.5 Å². The molecule has 1 saturated heterocycles. The van der Waals surface area contributed by atoms with Crippen molar-refractivity contribution in [2.45, 2.75) is 32.1 Å². The highest BCUT2D eigenvalue weighted by Gasteiger charge is 2.38. The summed E-state index contributed by atoms with van der Waals surface area (Å²) in [6, 6.07) is 2.54. The maximum atomic E-state index is 14.2. The van der Waals surface area contributed by atoms with Gasteiger partial charge in [-0.1, -0.05) is 20.8 Å². The van der Waals surface area contributed by atoms with Crippen LogP contribution in [0.4, 0.5) is 10.1 Å². The molecule has 1 aromatic rings. The lowest BCUT2D eigenvalue weighted by molar-refractivity contribution is 0.252. The molecule has 1 aromatic carbocycles. The van der Waals surface area contributed by atoms with Crippen molar-refractivity contribution in [3.8, 4) is 0 Å². The van der Waals surface area contributed by atoms with Crippen LogP contribution in [-0.2, 0) is 10.0 Å². The predicted molar refractivity (Wildman–Crippen MR) is 84.8 cm³/mol. The molecule has 7 heteroatoms. The normalized spacial score (nSPS) is 20.9. The Morgan fingerprint density at radius 1 is 1.38 bits per heavy atom. The van der Waals surface area contributed by atoms with E-state index in [0.717, 1.165) is 6.42 Å². The first-order chi connectivity index (χ1) is 9.53. The Labute approximate surface area is 133 Å². The van der Waals surface area contributed by atoms with Gasteiger partial charge in [0.1, 0.15) is 4.90 Å². The van der Waals surface area contributed by atoms with Crippen molar-refractivity contribution in [1.29, 1.82) is 0 Å². The Balaban J connectivity index is 2.37. The molecule has 0 aliphatic carbocycles. The number of benzene rings is 1. The van der Waals surface area contributed by atoms with Gasteiger partial charge in [-0.2, -0.15) is 4.31 Å². The van der Waals surface area contributed by atoms with Gasteiger partial charge in [0.05, 0.1) is 4.47 Å². The number of rotatable bonds is 2. The molecule has 0 radical (unpaired) electrons. The van der Waals surface area contributed by atoms with E-state index < -0.39 is 15.8 Å². The molecule has 0 amide bonds. The molecule has 1 aliphatic rings. The number of anilines is 1. The minimum Gasteiger partial charge on any atom is -0.399 e. The molecule has 1 atom stereocenters. The lowest BCUT2D eigenvalue weighted by Gasteiger charge is -2.27. The fourth-order valence-corrected chi connectivity index (χ4v) is 4.79. The number of halogens is 2. The lowest BCUT2D eigenvalue weighted by atomic mass is 9.80. The number of sulfonamides is 1. The van der Waals surface area contributed by atoms with Crippen molar-refractivity contribution in [2.24, 2.45) is 11.3 Å². The van der Waals surface area contributed by atoms with E-state index in [0.29, 0.717) is 13.1 Å². The van der Waals surface area contributed by atoms with Gasteiger partial charge in [-0.15, -0.1) is 0 Å². The topological polar surface area (TPSA) is 63.4 Å². The zero-order valence-electron chi connectivity index (χ0n) is 12.4. The van der Waals surface area contributed by atoms with E-state index in [1.165, 1.54) is 16.4 Å². The van der Waals surface area contributed by atoms with Gasteiger partial charge in [-0.3, -0.25) is 0 Å². The molecule has 0 spiro atoms. The third-order valence-corrected chi connectivity index (χ3v) is 6.45. The molecule has 21 heavy (non-hydrogen) atoms. The second kappa shape index (κ2) is 5.52. The minimum absolute atomic E-state index is 0.0269. The van der Waals surface area contributed by atoms with Crippen molar-refractivity contribution in [3.05, 3.63) is 22.4 Å². The molecule has 1 heterocycles. The van der Waals surface area contributed by atoms with Gasteiger partial charge in [0.15, 0.2) is 5.82 Å². The lowest BCUT2D eigenvalue weighted by Crippen LogP contribution is -2.31. The van der Waals surface area contributed by atoms with Crippen LogP contribution in [0.2, 0.25) is 0 Å². The molecular formula is C14H20BrFN2O2S. The second-order valence-electron chi connectivity index (χ2n) is 6.53. The predicted octanol–water partition coefficient (Wildman–Crippen LogP) is 3.23. The zero-order chi connectivity index (χ0) is 16.0. The molecular weight excluding hydrogens is 359 g/mol. The monoisotopic (exact) mass is 378 g/mol. The maximum Gasteiger partial charge on any atom is 0.246 e. The number of hydrogen-bond donors (Lipinski definition) is 1. The Kier molecular flexibility index (Phi) is 4.39. The first-order valence-corrected chi connectivity index (χ1v) is 9.01. The Bertz CT molecular complexity index is 656. The summed E-state index contributed by atoms with van der Waals surface area (Å²) in [5.74, 6) is -0.525. The van der Waals surface area contributed by atoms with E-state index in [2.05, 4.69) is 36.7 Å². The van der Waals surface area contributed by atoms with Gasteiger partial charge in [0, 0.05) is 18.8 Å². The van der Waals surface area contributed by atoms with E-state index in [4.69, 9.17) is 5.73 Å². The smallest absolute Gasteiger partial charge is 0.246 e. The second-order valence-corrected chi connectivity index (χ2v) is 9.29. The molecule has 1 fully saturated rings. The summed E-state index contributed by atoms with van der Waals surface area (Å²) in [5.41, 5.74) is 5.88. The van der Waals surface area contributed by atoms with Crippen molar-refractivity contribution < 1.29 is 12.8 Å². The van der Waals surface area contributed by atoms with Crippen LogP contribution in [0.25, 0.3) is 0 Å². The fourth-order valence-electron chi connectivity index (χ4n) is 2.56. The molecule has 118 valence electrons. The largest absolute Gasteiger partial charge is 0.399 e. The standard InChI is InChI=1S/C14H20BrFN2O2S/c1-14(2,3)9-4-5-18(8-9)21(19,20)12-7-10(17)6-11(15)13(12)16/h6-7,9H,4-5,8,17H2,1-3H3. The Hall–Kier alpha value is -0.660. The third-order valence-electron chi connectivity index (χ3n) is 4.01. The summed E-state index contributed by atoms with van der Waals surface area (Å²) in [4.78, 5) is -0.357. The number of nitrogen functional groups attached to an aromatic ring is 1. The van der Waals surface area contributed by atoms with E-state index in [-0.39, 0.29) is 26.4 Å². The van der Waals surface area contributed by atoms with Gasteiger partial charge < -0.3 is 5.73 Å². The van der Waals surface area contributed by atoms with Gasteiger partial charge in [0.2, 0.25) is 10.0 Å². The number of nitrogens with two attached hydrogens (primary N) is 1. The van der Waals surface area contributed by atoms with Crippen molar-refractivity contribution in [3.63, 3.8) is 0 Å². The summed E-state index contributed by atoms with van der Waals surface area (Å²) < 4.78 is 40.9. The van der Waals surface area contributed by atoms with Crippen molar-refractivity contribution in [1.82, 2.24) is 4.31 Å². The maximum absolute atomic E-state index is 14.2. The molecule has 0 bridgehead atoms. The molecule has 2 N–H and O–H groups in total. The zero-order valence-corrected chi connectivity index (χ0v) is 14.8. The van der Waals surface area contributed by atoms with Crippen LogP contribution >= 0.6 is 15.9 Å². The van der Waals surface area contributed by atoms with E-state index in [1.807, 2.05) is 0 Å². The molecule has 4 nitrogen and oxygen atoms in total. The van der Waals surface area contributed by atoms with Crippen LogP contribution in [-0.4, -0.2) is 25.8 Å². The van der Waals surface area contributed by atoms with Gasteiger partial charge in [-0.25, -0.2) is 12.8 Å². The van der Waals surface area contributed by atoms with E-state index in [9.17, 15) is 12.8 Å². The van der Waals surface area contributed by atoms with Crippen molar-refractivity contribution in [2.75, 3.05) is 18.8 Å². The molecule has 0 saturated carbocycles. The molecule has 1 aliphatic heterocycles. The van der Waals surface area contributed by atoms with Crippen LogP contribution in [0.5, 0.6) is 0 Å². The number of nitrogens with zero attached hydrogens (tertiary/aromatic N) is 1. The quantitative estimate of drug-likeness (QED) is 0.803. The van der Waals surface area contributed by atoms with Crippen LogP contribution in [0.1, 0.15) is 27.2 Å².